The number of allylic oxidation sites excluding steroid dienone is 1. The molecule has 8 heteroatoms. The summed E-state index contributed by atoms with van der Waals surface area (Å²) in [6.45, 7) is 3.81. The normalized spacial score (nSPS) is 16.1. The predicted molar refractivity (Wildman–Crippen MR) is 106 cm³/mol. The number of esters is 1. The van der Waals surface area contributed by atoms with E-state index in [2.05, 4.69) is 31.2 Å². The van der Waals surface area contributed by atoms with Crippen LogP contribution in [-0.2, 0) is 9.53 Å². The van der Waals surface area contributed by atoms with Crippen LogP contribution >= 0.6 is 27.7 Å². The van der Waals surface area contributed by atoms with Gasteiger partial charge in [0.25, 0.3) is 5.56 Å². The first-order valence-corrected chi connectivity index (χ1v) is 10.1. The van der Waals surface area contributed by atoms with Crippen LogP contribution in [0.1, 0.15) is 30.9 Å². The van der Waals surface area contributed by atoms with Crippen molar-refractivity contribution < 1.29 is 9.53 Å². The molecule has 0 amide bonds. The number of ether oxygens (including phenoxy) is 1. The van der Waals surface area contributed by atoms with Crippen molar-refractivity contribution in [1.82, 2.24) is 9.97 Å². The first-order chi connectivity index (χ1) is 12.5. The van der Waals surface area contributed by atoms with Crippen LogP contribution in [0.4, 0.5) is 5.82 Å². The van der Waals surface area contributed by atoms with Crippen molar-refractivity contribution >= 4 is 39.5 Å². The summed E-state index contributed by atoms with van der Waals surface area (Å²) in [6.07, 6.45) is 1.84. The quantitative estimate of drug-likeness (QED) is 0.433. The molecule has 0 saturated heterocycles. The molecule has 0 saturated carbocycles. The van der Waals surface area contributed by atoms with Crippen molar-refractivity contribution in [2.24, 2.45) is 0 Å². The molecule has 0 radical (unpaired) electrons. The molecular weight excluding hydrogens is 418 g/mol. The smallest absolute Gasteiger partial charge is 0.336 e. The van der Waals surface area contributed by atoms with Crippen molar-refractivity contribution in [3.8, 4) is 0 Å². The molecule has 1 aliphatic heterocycles. The summed E-state index contributed by atoms with van der Waals surface area (Å²) < 4.78 is 6.16. The lowest BCUT2D eigenvalue weighted by atomic mass is 9.82. The monoisotopic (exact) mass is 435 g/mol. The number of aromatic nitrogens is 2. The van der Waals surface area contributed by atoms with Crippen LogP contribution in [0.15, 0.2) is 50.0 Å². The lowest BCUT2D eigenvalue weighted by molar-refractivity contribution is -0.138. The van der Waals surface area contributed by atoms with Gasteiger partial charge in [-0.1, -0.05) is 39.8 Å². The van der Waals surface area contributed by atoms with E-state index in [1.807, 2.05) is 30.5 Å². The van der Waals surface area contributed by atoms with Crippen LogP contribution in [0.3, 0.4) is 0 Å². The Morgan fingerprint density at radius 3 is 2.65 bits per heavy atom. The van der Waals surface area contributed by atoms with Gasteiger partial charge >= 0.3 is 5.97 Å². The fourth-order valence-corrected chi connectivity index (χ4v) is 3.64. The lowest BCUT2D eigenvalue weighted by Crippen LogP contribution is -2.31. The Kier molecular flexibility index (Phi) is 5.52. The standard InChI is InChI=1S/C18H18BrN3O3S/c1-4-25-17(24)12-9(2)20-15-14(16(23)22-18(21-15)26-3)13(12)10-5-7-11(19)8-6-10/h5-8,13H,4H2,1-3H3,(H2,20,21,22,23)/t13-/m1/s1. The molecule has 0 aliphatic carbocycles. The van der Waals surface area contributed by atoms with Crippen molar-refractivity contribution in [3.63, 3.8) is 0 Å². The fourth-order valence-electron chi connectivity index (χ4n) is 3.00. The van der Waals surface area contributed by atoms with E-state index in [0.29, 0.717) is 27.8 Å². The van der Waals surface area contributed by atoms with E-state index in [1.54, 1.807) is 13.8 Å². The van der Waals surface area contributed by atoms with E-state index in [0.717, 1.165) is 10.0 Å². The Labute approximate surface area is 163 Å². The molecule has 0 unspecified atom stereocenters. The van der Waals surface area contributed by atoms with Crippen LogP contribution < -0.4 is 10.9 Å². The second-order valence-corrected chi connectivity index (χ2v) is 7.42. The number of hydrogen-bond acceptors (Lipinski definition) is 6. The van der Waals surface area contributed by atoms with E-state index in [1.165, 1.54) is 11.8 Å². The van der Waals surface area contributed by atoms with Gasteiger partial charge in [-0.25, -0.2) is 9.78 Å². The third-order valence-electron chi connectivity index (χ3n) is 4.11. The number of hydrogen-bond donors (Lipinski definition) is 2. The number of carbonyl (C=O) groups excluding carboxylic acids is 1. The van der Waals surface area contributed by atoms with Gasteiger partial charge in [0.1, 0.15) is 5.82 Å². The van der Waals surface area contributed by atoms with E-state index in [9.17, 15) is 9.59 Å². The molecule has 0 fully saturated rings. The minimum absolute atomic E-state index is 0.259. The minimum Gasteiger partial charge on any atom is -0.463 e. The zero-order valence-electron chi connectivity index (χ0n) is 14.6. The van der Waals surface area contributed by atoms with Crippen LogP contribution in [0, 0.1) is 0 Å². The highest BCUT2D eigenvalue weighted by Gasteiger charge is 2.36. The first-order valence-electron chi connectivity index (χ1n) is 8.04. The number of halogens is 1. The highest BCUT2D eigenvalue weighted by Crippen LogP contribution is 2.40. The molecule has 6 nitrogen and oxygen atoms in total. The molecule has 2 heterocycles. The summed E-state index contributed by atoms with van der Waals surface area (Å²) in [5.41, 5.74) is 2.02. The van der Waals surface area contributed by atoms with E-state index >= 15 is 0 Å². The molecule has 1 aromatic heterocycles. The number of H-pyrrole nitrogens is 1. The Morgan fingerprint density at radius 1 is 1.35 bits per heavy atom. The molecule has 26 heavy (non-hydrogen) atoms. The molecule has 136 valence electrons. The molecule has 1 atom stereocenters. The summed E-state index contributed by atoms with van der Waals surface area (Å²) in [7, 11) is 0. The molecule has 0 bridgehead atoms. The zero-order chi connectivity index (χ0) is 18.8. The topological polar surface area (TPSA) is 84.1 Å². The molecule has 2 aromatic rings. The van der Waals surface area contributed by atoms with Crippen LogP contribution in [0.25, 0.3) is 0 Å². The number of aromatic amines is 1. The van der Waals surface area contributed by atoms with Gasteiger partial charge in [-0.15, -0.1) is 0 Å². The van der Waals surface area contributed by atoms with Gasteiger partial charge < -0.3 is 15.0 Å². The summed E-state index contributed by atoms with van der Waals surface area (Å²) in [4.78, 5) is 32.7. The van der Waals surface area contributed by atoms with Crippen LogP contribution in [-0.4, -0.2) is 28.8 Å². The molecule has 1 aromatic carbocycles. The maximum Gasteiger partial charge on any atom is 0.336 e. The zero-order valence-corrected chi connectivity index (χ0v) is 17.0. The highest BCUT2D eigenvalue weighted by atomic mass is 79.9. The number of nitrogens with one attached hydrogen (secondary N) is 2. The number of fused-ring (bicyclic) bond motifs is 1. The SMILES string of the molecule is CCOC(=O)C1=C(C)Nc2nc(SC)[nH]c(=O)c2[C@@H]1c1ccc(Br)cc1. The maximum absolute atomic E-state index is 12.8. The first kappa shape index (κ1) is 18.7. The van der Waals surface area contributed by atoms with Gasteiger partial charge in [-0.05, 0) is 37.8 Å². The van der Waals surface area contributed by atoms with Gasteiger partial charge in [-0.2, -0.15) is 0 Å². The van der Waals surface area contributed by atoms with Crippen LogP contribution in [0.5, 0.6) is 0 Å². The van der Waals surface area contributed by atoms with Crippen molar-refractivity contribution in [2.75, 3.05) is 18.2 Å². The summed E-state index contributed by atoms with van der Waals surface area (Å²) >= 11 is 4.77. The summed E-state index contributed by atoms with van der Waals surface area (Å²) in [6, 6.07) is 7.54. The van der Waals surface area contributed by atoms with Gasteiger partial charge in [0, 0.05) is 10.2 Å². The largest absolute Gasteiger partial charge is 0.463 e. The van der Waals surface area contributed by atoms with Crippen LogP contribution in [0.2, 0.25) is 0 Å². The van der Waals surface area contributed by atoms with Gasteiger partial charge in [0.15, 0.2) is 5.16 Å². The van der Waals surface area contributed by atoms with Gasteiger partial charge in [-0.3, -0.25) is 4.79 Å². The number of carbonyl (C=O) groups is 1. The maximum atomic E-state index is 12.8. The Hall–Kier alpha value is -2.06. The average molecular weight is 436 g/mol. The predicted octanol–water partition coefficient (Wildman–Crippen LogP) is 3.65. The fraction of sp³-hybridized carbons (Fsp3) is 0.278. The number of anilines is 1. The lowest BCUT2D eigenvalue weighted by Gasteiger charge is -2.28. The number of nitrogens with zero attached hydrogens (tertiary/aromatic N) is 1. The summed E-state index contributed by atoms with van der Waals surface area (Å²) in [5.74, 6) is -0.522. The molecule has 3 rings (SSSR count). The highest BCUT2D eigenvalue weighted by molar-refractivity contribution is 9.10. The van der Waals surface area contributed by atoms with Crippen molar-refractivity contribution in [3.05, 3.63) is 61.5 Å². The molecular formula is C18H18BrN3O3S. The van der Waals surface area contributed by atoms with Gasteiger partial charge in [0.2, 0.25) is 0 Å². The Balaban J connectivity index is 2.25. The second-order valence-electron chi connectivity index (χ2n) is 5.71. The van der Waals surface area contributed by atoms with Crippen molar-refractivity contribution in [1.29, 1.82) is 0 Å². The van der Waals surface area contributed by atoms with E-state index < -0.39 is 11.9 Å². The number of rotatable bonds is 4. The number of benzene rings is 1. The minimum atomic E-state index is -0.550. The summed E-state index contributed by atoms with van der Waals surface area (Å²) in [5, 5.41) is 3.62. The van der Waals surface area contributed by atoms with E-state index in [-0.39, 0.29) is 12.2 Å². The molecule has 2 N–H and O–H groups in total. The average Bonchev–Trinajstić information content (AvgIpc) is 2.61. The van der Waals surface area contributed by atoms with E-state index in [4.69, 9.17) is 4.74 Å². The number of thioether (sulfide) groups is 1. The second kappa shape index (κ2) is 7.67. The van der Waals surface area contributed by atoms with Gasteiger partial charge in [0.05, 0.1) is 23.7 Å². The Bertz CT molecular complexity index is 938. The molecule has 0 spiro atoms. The third-order valence-corrected chi connectivity index (χ3v) is 5.22. The molecule has 1 aliphatic rings. The van der Waals surface area contributed by atoms with Crippen molar-refractivity contribution in [2.45, 2.75) is 24.9 Å². The third kappa shape index (κ3) is 3.43. The Morgan fingerprint density at radius 2 is 2.04 bits per heavy atom.